The molecule has 0 saturated carbocycles. The first-order chi connectivity index (χ1) is 20.1. The van der Waals surface area contributed by atoms with Crippen molar-refractivity contribution in [1.29, 1.82) is 0 Å². The molecule has 1 aromatic heterocycles. The van der Waals surface area contributed by atoms with Crippen LogP contribution in [0.1, 0.15) is 29.7 Å². The van der Waals surface area contributed by atoms with Crippen molar-refractivity contribution in [2.24, 2.45) is 0 Å². The first-order valence-corrected chi connectivity index (χ1v) is 14.3. The number of ether oxygens (including phenoxy) is 1. The largest absolute Gasteiger partial charge is 0.462 e. The number of likely N-dealkylation sites (N-methyl/N-ethyl adjacent to an activating group) is 1. The van der Waals surface area contributed by atoms with Crippen LogP contribution in [-0.2, 0) is 23.9 Å². The van der Waals surface area contributed by atoms with Crippen molar-refractivity contribution in [3.63, 3.8) is 0 Å². The summed E-state index contributed by atoms with van der Waals surface area (Å²) in [6.07, 6.45) is -0.890. The Morgan fingerprint density at radius 3 is 2.71 bits per heavy atom. The summed E-state index contributed by atoms with van der Waals surface area (Å²) in [7, 11) is 2.04. The molecule has 2 aromatic rings. The molecule has 5 rings (SSSR count). The van der Waals surface area contributed by atoms with Crippen LogP contribution in [-0.4, -0.2) is 90.7 Å². The monoisotopic (exact) mass is 603 g/mol. The van der Waals surface area contributed by atoms with E-state index in [0.29, 0.717) is 50.7 Å². The van der Waals surface area contributed by atoms with Gasteiger partial charge in [-0.25, -0.2) is 6.57 Å². The Hall–Kier alpha value is -3.56. The Bertz CT molecular complexity index is 1380. The first kappa shape index (κ1) is 29.9. The number of amides is 1. The fourth-order valence-electron chi connectivity index (χ4n) is 6.05. The van der Waals surface area contributed by atoms with Crippen LogP contribution in [0.5, 0.6) is 6.01 Å². The van der Waals surface area contributed by atoms with E-state index < -0.39 is 11.7 Å². The predicted octanol–water partition coefficient (Wildman–Crippen LogP) is 4.31. The molecule has 224 valence electrons. The number of nitrogens with zero attached hydrogens (tertiary/aromatic N) is 7. The smallest absolute Gasteiger partial charge is 0.419 e. The van der Waals surface area contributed by atoms with E-state index in [9.17, 15) is 18.0 Å². The van der Waals surface area contributed by atoms with Gasteiger partial charge in [0.05, 0.1) is 28.5 Å². The third-order valence-electron chi connectivity index (χ3n) is 8.26. The van der Waals surface area contributed by atoms with Crippen LogP contribution in [0.4, 0.5) is 24.7 Å². The molecular formula is C29H33ClF3N7O2. The van der Waals surface area contributed by atoms with Crippen LogP contribution < -0.4 is 14.5 Å². The summed E-state index contributed by atoms with van der Waals surface area (Å²) in [6.45, 7) is 14.2. The molecule has 0 unspecified atom stereocenters. The van der Waals surface area contributed by atoms with Gasteiger partial charge in [0.2, 0.25) is 12.5 Å². The van der Waals surface area contributed by atoms with Gasteiger partial charge >= 0.3 is 12.2 Å². The lowest BCUT2D eigenvalue weighted by molar-refractivity contribution is -0.137. The number of halogens is 4. The van der Waals surface area contributed by atoms with Gasteiger partial charge in [-0.2, -0.15) is 23.1 Å². The van der Waals surface area contributed by atoms with E-state index in [1.165, 1.54) is 24.3 Å². The van der Waals surface area contributed by atoms with Gasteiger partial charge in [-0.05, 0) is 51.1 Å². The summed E-state index contributed by atoms with van der Waals surface area (Å²) in [5, 5.41) is -0.350. The molecule has 3 aliphatic rings. The third-order valence-corrected chi connectivity index (χ3v) is 8.57. The number of piperazine rings is 1. The van der Waals surface area contributed by atoms with Gasteiger partial charge in [-0.3, -0.25) is 4.79 Å². The molecule has 0 aliphatic carbocycles. The third kappa shape index (κ3) is 6.13. The maximum atomic E-state index is 14.0. The molecule has 3 aliphatic heterocycles. The fourth-order valence-corrected chi connectivity index (χ4v) is 6.33. The molecule has 42 heavy (non-hydrogen) atoms. The second-order valence-corrected chi connectivity index (χ2v) is 11.2. The van der Waals surface area contributed by atoms with E-state index in [4.69, 9.17) is 32.9 Å². The van der Waals surface area contributed by atoms with E-state index in [2.05, 4.69) is 16.3 Å². The molecule has 1 aromatic carbocycles. The van der Waals surface area contributed by atoms with Crippen molar-refractivity contribution in [2.75, 3.05) is 62.7 Å². The molecule has 0 radical (unpaired) electrons. The van der Waals surface area contributed by atoms with Crippen molar-refractivity contribution in [1.82, 2.24) is 19.8 Å². The maximum absolute atomic E-state index is 14.0. The number of alkyl halides is 3. The SMILES string of the molecule is [C-]#[N+]C[C@H]1CN(c2nc(OC[C@H]3CCCN3C)nc3c2CCN(c2cccc(Cl)c2C(F)(F)F)C3)CCN1C(=O)C=C. The van der Waals surface area contributed by atoms with Gasteiger partial charge < -0.3 is 29.2 Å². The van der Waals surface area contributed by atoms with Crippen LogP contribution >= 0.6 is 11.6 Å². The average molecular weight is 604 g/mol. The molecule has 4 heterocycles. The van der Waals surface area contributed by atoms with Gasteiger partial charge in [0.1, 0.15) is 18.5 Å². The van der Waals surface area contributed by atoms with Crippen molar-refractivity contribution in [2.45, 2.75) is 44.1 Å². The van der Waals surface area contributed by atoms with Gasteiger partial charge in [0, 0.05) is 37.8 Å². The Morgan fingerprint density at radius 1 is 1.21 bits per heavy atom. The number of carbonyl (C=O) groups excluding carboxylic acids is 1. The van der Waals surface area contributed by atoms with Crippen molar-refractivity contribution in [3.05, 3.63) is 64.1 Å². The summed E-state index contributed by atoms with van der Waals surface area (Å²) in [4.78, 5) is 33.1. The standard InChI is InChI=1S/C29H33ClF3N7O2/c1-4-25(41)40-14-13-39(16-20(40)15-34-2)27-21-10-12-38(24-9-5-8-22(30)26(24)29(31,32)33)17-23(21)35-28(36-27)42-18-19-7-6-11-37(19)3/h4-5,8-9,19-20H,1,6-7,10-18H2,3H3/t19-,20+/m1/s1. The highest BCUT2D eigenvalue weighted by Crippen LogP contribution is 2.43. The van der Waals surface area contributed by atoms with Gasteiger partial charge in [0.15, 0.2) is 0 Å². The summed E-state index contributed by atoms with van der Waals surface area (Å²) in [5.41, 5.74) is 0.553. The van der Waals surface area contributed by atoms with E-state index >= 15 is 0 Å². The lowest BCUT2D eigenvalue weighted by atomic mass is 10.0. The molecule has 0 N–H and O–H groups in total. The highest BCUT2D eigenvalue weighted by molar-refractivity contribution is 6.31. The number of likely N-dealkylation sites (tertiary alicyclic amines) is 1. The summed E-state index contributed by atoms with van der Waals surface area (Å²) in [5.74, 6) is 0.410. The Kier molecular flexibility index (Phi) is 8.80. The number of carbonyl (C=O) groups is 1. The zero-order valence-corrected chi connectivity index (χ0v) is 24.2. The van der Waals surface area contributed by atoms with E-state index in [1.807, 2.05) is 11.9 Å². The quantitative estimate of drug-likeness (QED) is 0.345. The Balaban J connectivity index is 1.49. The Labute approximate surface area is 248 Å². The van der Waals surface area contributed by atoms with Crippen LogP contribution in [0.2, 0.25) is 5.02 Å². The zero-order chi connectivity index (χ0) is 30.0. The number of rotatable bonds is 7. The van der Waals surface area contributed by atoms with E-state index in [1.54, 1.807) is 9.80 Å². The number of hydrogen-bond donors (Lipinski definition) is 0. The zero-order valence-electron chi connectivity index (χ0n) is 23.4. The minimum absolute atomic E-state index is 0.00420. The highest BCUT2D eigenvalue weighted by Gasteiger charge is 2.39. The average Bonchev–Trinajstić information content (AvgIpc) is 3.38. The molecule has 0 bridgehead atoms. The second kappa shape index (κ2) is 12.4. The first-order valence-electron chi connectivity index (χ1n) is 13.9. The van der Waals surface area contributed by atoms with Crippen LogP contribution in [0.25, 0.3) is 4.85 Å². The number of hydrogen-bond acceptors (Lipinski definition) is 7. The van der Waals surface area contributed by atoms with Gasteiger partial charge in [0.25, 0.3) is 0 Å². The summed E-state index contributed by atoms with van der Waals surface area (Å²) < 4.78 is 48.1. The molecule has 0 spiro atoms. The lowest BCUT2D eigenvalue weighted by Crippen LogP contribution is -2.56. The molecule has 2 atom stereocenters. The van der Waals surface area contributed by atoms with Gasteiger partial charge in [-0.1, -0.05) is 24.2 Å². The van der Waals surface area contributed by atoms with E-state index in [0.717, 1.165) is 24.9 Å². The molecule has 1 amide bonds. The molecule has 2 saturated heterocycles. The Morgan fingerprint density at radius 2 is 2.02 bits per heavy atom. The maximum Gasteiger partial charge on any atom is 0.419 e. The number of anilines is 2. The predicted molar refractivity (Wildman–Crippen MR) is 154 cm³/mol. The molecule has 13 heteroatoms. The van der Waals surface area contributed by atoms with Crippen LogP contribution in [0, 0.1) is 6.57 Å². The van der Waals surface area contributed by atoms with Crippen molar-refractivity contribution < 1.29 is 22.7 Å². The number of aromatic nitrogens is 2. The minimum Gasteiger partial charge on any atom is -0.462 e. The highest BCUT2D eigenvalue weighted by atomic mass is 35.5. The normalized spacial score (nSPS) is 21.2. The molecule has 2 fully saturated rings. The molecule has 9 nitrogen and oxygen atoms in total. The second-order valence-electron chi connectivity index (χ2n) is 10.8. The lowest BCUT2D eigenvalue weighted by Gasteiger charge is -2.41. The van der Waals surface area contributed by atoms with E-state index in [-0.39, 0.29) is 47.8 Å². The van der Waals surface area contributed by atoms with Crippen LogP contribution in [0.15, 0.2) is 30.9 Å². The van der Waals surface area contributed by atoms with Crippen molar-refractivity contribution >= 4 is 29.0 Å². The number of benzene rings is 1. The summed E-state index contributed by atoms with van der Waals surface area (Å²) >= 11 is 6.03. The topological polar surface area (TPSA) is 69.4 Å². The summed E-state index contributed by atoms with van der Waals surface area (Å²) in [6, 6.07) is 4.22. The molecular weight excluding hydrogens is 571 g/mol. The van der Waals surface area contributed by atoms with Crippen LogP contribution in [0.3, 0.4) is 0 Å². The fraction of sp³-hybridized carbons (Fsp3) is 0.517. The van der Waals surface area contributed by atoms with Gasteiger partial charge in [-0.15, -0.1) is 0 Å². The van der Waals surface area contributed by atoms with Crippen molar-refractivity contribution in [3.8, 4) is 6.01 Å². The minimum atomic E-state index is -4.62. The number of fused-ring (bicyclic) bond motifs is 1.